The Kier molecular flexibility index (Phi) is 5.96. The van der Waals surface area contributed by atoms with E-state index in [0.717, 1.165) is 50.0 Å². The lowest BCUT2D eigenvalue weighted by molar-refractivity contribution is 0.669. The van der Waals surface area contributed by atoms with Crippen LogP contribution in [0.25, 0.3) is 88.5 Å². The molecule has 0 unspecified atom stereocenters. The van der Waals surface area contributed by atoms with E-state index in [1.807, 2.05) is 66.7 Å². The van der Waals surface area contributed by atoms with E-state index in [1.165, 1.54) is 21.8 Å². The molecule has 7 aromatic carbocycles. The van der Waals surface area contributed by atoms with Crippen molar-refractivity contribution in [3.05, 3.63) is 174 Å². The maximum absolute atomic E-state index is 13.9. The standard InChI is InChI=1S/C44H27N3O2/c48-44-34-16-7-9-17-38(34)45-43(47(44)32-13-5-2-6-14-32)30-21-24-42-37(27-30)36-26-29(20-23-41(36)49-42)28-19-22-40-35(25-28)33-15-8-10-18-39(33)46(40)31-11-3-1-4-12-31/h1-27H. The monoisotopic (exact) mass is 629 g/mol. The van der Waals surface area contributed by atoms with Crippen molar-refractivity contribution < 1.29 is 4.42 Å². The first-order valence-electron chi connectivity index (χ1n) is 16.3. The Balaban J connectivity index is 1.15. The fraction of sp³-hybridized carbons (Fsp3) is 0. The number of para-hydroxylation sites is 4. The number of hydrogen-bond donors (Lipinski definition) is 0. The number of hydrogen-bond acceptors (Lipinski definition) is 3. The number of fused-ring (bicyclic) bond motifs is 7. The van der Waals surface area contributed by atoms with Crippen LogP contribution >= 0.6 is 0 Å². The van der Waals surface area contributed by atoms with E-state index in [2.05, 4.69) is 102 Å². The third-order valence-corrected chi connectivity index (χ3v) is 9.54. The zero-order valence-corrected chi connectivity index (χ0v) is 26.2. The molecule has 49 heavy (non-hydrogen) atoms. The van der Waals surface area contributed by atoms with E-state index in [-0.39, 0.29) is 5.56 Å². The highest BCUT2D eigenvalue weighted by Crippen LogP contribution is 2.38. The molecule has 10 rings (SSSR count). The van der Waals surface area contributed by atoms with Gasteiger partial charge in [0.05, 0.1) is 27.6 Å². The van der Waals surface area contributed by atoms with Crippen molar-refractivity contribution in [1.29, 1.82) is 0 Å². The lowest BCUT2D eigenvalue weighted by Crippen LogP contribution is -2.21. The second-order valence-electron chi connectivity index (χ2n) is 12.4. The van der Waals surface area contributed by atoms with Gasteiger partial charge >= 0.3 is 0 Å². The van der Waals surface area contributed by atoms with Crippen LogP contribution in [-0.4, -0.2) is 14.1 Å². The number of benzene rings is 7. The van der Waals surface area contributed by atoms with Gasteiger partial charge in [0.15, 0.2) is 0 Å². The molecule has 3 aromatic heterocycles. The summed E-state index contributed by atoms with van der Waals surface area (Å²) in [6.07, 6.45) is 0. The van der Waals surface area contributed by atoms with E-state index in [1.54, 1.807) is 4.57 Å². The molecule has 5 heteroatoms. The number of rotatable bonds is 4. The maximum Gasteiger partial charge on any atom is 0.266 e. The molecule has 0 atom stereocenters. The minimum atomic E-state index is -0.102. The number of furan rings is 1. The van der Waals surface area contributed by atoms with Gasteiger partial charge in [0.25, 0.3) is 5.56 Å². The van der Waals surface area contributed by atoms with Crippen LogP contribution in [0, 0.1) is 0 Å². The van der Waals surface area contributed by atoms with E-state index in [4.69, 9.17) is 9.40 Å². The third kappa shape index (κ3) is 4.26. The molecule has 0 saturated carbocycles. The molecule has 3 heterocycles. The SMILES string of the molecule is O=c1c2ccccc2nc(-c2ccc3oc4ccc(-c5ccc6c(c5)c5ccccc5n6-c5ccccc5)cc4c3c2)n1-c1ccccc1. The Morgan fingerprint density at radius 2 is 0.959 bits per heavy atom. The Hall–Kier alpha value is -6.72. The summed E-state index contributed by atoms with van der Waals surface area (Å²) in [5.41, 5.74) is 9.48. The zero-order chi connectivity index (χ0) is 32.5. The summed E-state index contributed by atoms with van der Waals surface area (Å²) in [5, 5.41) is 4.99. The van der Waals surface area contributed by atoms with E-state index in [9.17, 15) is 4.79 Å². The van der Waals surface area contributed by atoms with E-state index >= 15 is 0 Å². The summed E-state index contributed by atoms with van der Waals surface area (Å²) in [6, 6.07) is 55.5. The van der Waals surface area contributed by atoms with Gasteiger partial charge < -0.3 is 8.98 Å². The molecular weight excluding hydrogens is 603 g/mol. The van der Waals surface area contributed by atoms with Gasteiger partial charge in [-0.3, -0.25) is 9.36 Å². The normalized spacial score (nSPS) is 11.8. The first-order valence-corrected chi connectivity index (χ1v) is 16.3. The topological polar surface area (TPSA) is 53.0 Å². The molecule has 10 aromatic rings. The lowest BCUT2D eigenvalue weighted by Gasteiger charge is -2.14. The Bertz CT molecular complexity index is 2950. The fourth-order valence-corrected chi connectivity index (χ4v) is 7.25. The predicted octanol–water partition coefficient (Wildman–Crippen LogP) is 10.7. The molecule has 0 amide bonds. The average Bonchev–Trinajstić information content (AvgIpc) is 3.70. The number of aromatic nitrogens is 3. The molecule has 0 spiro atoms. The quantitative estimate of drug-likeness (QED) is 0.195. The highest BCUT2D eigenvalue weighted by Gasteiger charge is 2.18. The van der Waals surface area contributed by atoms with Gasteiger partial charge in [-0.05, 0) is 96.1 Å². The predicted molar refractivity (Wildman–Crippen MR) is 200 cm³/mol. The van der Waals surface area contributed by atoms with Crippen LogP contribution in [0.2, 0.25) is 0 Å². The Morgan fingerprint density at radius 1 is 0.429 bits per heavy atom. The minimum Gasteiger partial charge on any atom is -0.456 e. The van der Waals surface area contributed by atoms with Gasteiger partial charge in [-0.25, -0.2) is 4.98 Å². The molecule has 230 valence electrons. The van der Waals surface area contributed by atoms with Gasteiger partial charge in [0.1, 0.15) is 17.0 Å². The molecule has 0 aliphatic heterocycles. The maximum atomic E-state index is 13.9. The van der Waals surface area contributed by atoms with Crippen LogP contribution in [0.1, 0.15) is 0 Å². The van der Waals surface area contributed by atoms with Gasteiger partial charge in [-0.1, -0.05) is 78.9 Å². The Labute approximate surface area is 280 Å². The van der Waals surface area contributed by atoms with E-state index in [0.29, 0.717) is 16.7 Å². The first-order chi connectivity index (χ1) is 24.2. The molecule has 0 saturated heterocycles. The molecule has 0 aliphatic rings. The third-order valence-electron chi connectivity index (χ3n) is 9.54. The molecule has 0 aliphatic carbocycles. The van der Waals surface area contributed by atoms with Crippen LogP contribution in [0.15, 0.2) is 173 Å². The second-order valence-corrected chi connectivity index (χ2v) is 12.4. The average molecular weight is 630 g/mol. The van der Waals surface area contributed by atoms with Crippen LogP contribution in [0.5, 0.6) is 0 Å². The molecule has 0 fully saturated rings. The molecule has 0 radical (unpaired) electrons. The molecule has 0 bridgehead atoms. The van der Waals surface area contributed by atoms with Crippen molar-refractivity contribution in [3.63, 3.8) is 0 Å². The molecule has 5 nitrogen and oxygen atoms in total. The van der Waals surface area contributed by atoms with Crippen LogP contribution in [0.3, 0.4) is 0 Å². The lowest BCUT2D eigenvalue weighted by atomic mass is 10.00. The van der Waals surface area contributed by atoms with Gasteiger partial charge in [-0.15, -0.1) is 0 Å². The second kappa shape index (κ2) is 10.7. The molecule has 0 N–H and O–H groups in total. The summed E-state index contributed by atoms with van der Waals surface area (Å²) >= 11 is 0. The fourth-order valence-electron chi connectivity index (χ4n) is 7.25. The van der Waals surface area contributed by atoms with Gasteiger partial charge in [0.2, 0.25) is 0 Å². The van der Waals surface area contributed by atoms with E-state index < -0.39 is 0 Å². The summed E-state index contributed by atoms with van der Waals surface area (Å²) in [5.74, 6) is 0.586. The largest absolute Gasteiger partial charge is 0.456 e. The minimum absolute atomic E-state index is 0.102. The summed E-state index contributed by atoms with van der Waals surface area (Å²) in [4.78, 5) is 18.9. The van der Waals surface area contributed by atoms with Crippen molar-refractivity contribution in [3.8, 4) is 33.9 Å². The van der Waals surface area contributed by atoms with Gasteiger partial charge in [0, 0.05) is 32.8 Å². The van der Waals surface area contributed by atoms with Crippen LogP contribution < -0.4 is 5.56 Å². The van der Waals surface area contributed by atoms with Crippen molar-refractivity contribution in [2.45, 2.75) is 0 Å². The summed E-state index contributed by atoms with van der Waals surface area (Å²) in [6.45, 7) is 0. The summed E-state index contributed by atoms with van der Waals surface area (Å²) < 4.78 is 10.4. The van der Waals surface area contributed by atoms with Crippen molar-refractivity contribution in [1.82, 2.24) is 14.1 Å². The zero-order valence-electron chi connectivity index (χ0n) is 26.2. The van der Waals surface area contributed by atoms with Crippen molar-refractivity contribution in [2.75, 3.05) is 0 Å². The van der Waals surface area contributed by atoms with Crippen LogP contribution in [0.4, 0.5) is 0 Å². The first kappa shape index (κ1) is 27.4. The highest BCUT2D eigenvalue weighted by molar-refractivity contribution is 6.11. The molecular formula is C44H27N3O2. The van der Waals surface area contributed by atoms with Crippen molar-refractivity contribution in [2.24, 2.45) is 0 Å². The number of nitrogens with zero attached hydrogens (tertiary/aromatic N) is 3. The summed E-state index contributed by atoms with van der Waals surface area (Å²) in [7, 11) is 0. The smallest absolute Gasteiger partial charge is 0.266 e. The van der Waals surface area contributed by atoms with Crippen molar-refractivity contribution >= 4 is 54.6 Å². The Morgan fingerprint density at radius 3 is 1.69 bits per heavy atom. The highest BCUT2D eigenvalue weighted by atomic mass is 16.3. The van der Waals surface area contributed by atoms with Gasteiger partial charge in [-0.2, -0.15) is 0 Å². The van der Waals surface area contributed by atoms with Crippen LogP contribution in [-0.2, 0) is 0 Å².